The van der Waals surface area contributed by atoms with Gasteiger partial charge in [-0.25, -0.2) is 0 Å². The molecule has 0 heterocycles. The molecule has 0 fully saturated rings. The highest BCUT2D eigenvalue weighted by Gasteiger charge is 2.37. The number of aliphatic hydroxyl groups is 2. The molecule has 2 aromatic rings. The number of rotatable bonds is 4. The fourth-order valence-corrected chi connectivity index (χ4v) is 3.12. The fourth-order valence-electron chi connectivity index (χ4n) is 3.12. The molecule has 112 valence electrons. The molecule has 2 heteroatoms. The van der Waals surface area contributed by atoms with Gasteiger partial charge in [-0.3, -0.25) is 0 Å². The summed E-state index contributed by atoms with van der Waals surface area (Å²) >= 11 is 0. The Morgan fingerprint density at radius 3 is 1.52 bits per heavy atom. The molecule has 0 aromatic heterocycles. The molecule has 2 nitrogen and oxygen atoms in total. The van der Waals surface area contributed by atoms with Crippen molar-refractivity contribution in [2.24, 2.45) is 5.41 Å². The van der Waals surface area contributed by atoms with Crippen LogP contribution in [0.3, 0.4) is 0 Å². The summed E-state index contributed by atoms with van der Waals surface area (Å²) in [6.07, 6.45) is -1.39. The van der Waals surface area contributed by atoms with Crippen molar-refractivity contribution in [1.29, 1.82) is 0 Å². The van der Waals surface area contributed by atoms with E-state index in [0.717, 1.165) is 11.1 Å². The fraction of sp³-hybridized carbons (Fsp3) is 0.368. The lowest BCUT2D eigenvalue weighted by atomic mass is 9.67. The molecule has 0 bridgehead atoms. The molecule has 0 radical (unpaired) electrons. The first-order chi connectivity index (χ1) is 9.91. The standard InChI is InChI=1S/C19H24O2/c1-19(2,3)17(15-12-8-5-9-13-15)16(18(20)21)14-10-6-4-7-11-14/h4-13,16-18,20-21H,1-3H3. The topological polar surface area (TPSA) is 40.5 Å². The van der Waals surface area contributed by atoms with Crippen molar-refractivity contribution in [2.45, 2.75) is 38.9 Å². The Morgan fingerprint density at radius 2 is 1.14 bits per heavy atom. The minimum atomic E-state index is -1.39. The largest absolute Gasteiger partial charge is 0.368 e. The lowest BCUT2D eigenvalue weighted by molar-refractivity contribution is -0.0744. The van der Waals surface area contributed by atoms with Gasteiger partial charge in [-0.15, -0.1) is 0 Å². The second kappa shape index (κ2) is 6.42. The van der Waals surface area contributed by atoms with Gasteiger partial charge in [0.25, 0.3) is 0 Å². The quantitative estimate of drug-likeness (QED) is 0.836. The van der Waals surface area contributed by atoms with Crippen molar-refractivity contribution in [3.05, 3.63) is 71.8 Å². The lowest BCUT2D eigenvalue weighted by Crippen LogP contribution is -2.32. The van der Waals surface area contributed by atoms with E-state index in [0.29, 0.717) is 0 Å². The van der Waals surface area contributed by atoms with Crippen LogP contribution < -0.4 is 0 Å². The number of aliphatic hydroxyl groups excluding tert-OH is 1. The predicted molar refractivity (Wildman–Crippen MR) is 86.0 cm³/mol. The van der Waals surface area contributed by atoms with E-state index in [9.17, 15) is 10.2 Å². The summed E-state index contributed by atoms with van der Waals surface area (Å²) in [7, 11) is 0. The Balaban J connectivity index is 2.52. The van der Waals surface area contributed by atoms with Gasteiger partial charge in [0.1, 0.15) is 0 Å². The summed E-state index contributed by atoms with van der Waals surface area (Å²) < 4.78 is 0. The highest BCUT2D eigenvalue weighted by atomic mass is 16.5. The summed E-state index contributed by atoms with van der Waals surface area (Å²) in [5.74, 6) is -0.338. The molecule has 2 N–H and O–H groups in total. The van der Waals surface area contributed by atoms with Crippen LogP contribution >= 0.6 is 0 Å². The van der Waals surface area contributed by atoms with E-state index in [2.05, 4.69) is 32.9 Å². The molecule has 0 aliphatic carbocycles. The van der Waals surface area contributed by atoms with E-state index in [4.69, 9.17) is 0 Å². The van der Waals surface area contributed by atoms with E-state index < -0.39 is 6.29 Å². The van der Waals surface area contributed by atoms with Crippen LogP contribution in [0.25, 0.3) is 0 Å². The Bertz CT molecular complexity index is 541. The van der Waals surface area contributed by atoms with Gasteiger partial charge in [0.2, 0.25) is 0 Å². The summed E-state index contributed by atoms with van der Waals surface area (Å²) in [4.78, 5) is 0. The van der Waals surface area contributed by atoms with E-state index in [1.165, 1.54) is 0 Å². The van der Waals surface area contributed by atoms with Crippen LogP contribution in [0.5, 0.6) is 0 Å². The van der Waals surface area contributed by atoms with Gasteiger partial charge < -0.3 is 10.2 Å². The summed E-state index contributed by atoms with van der Waals surface area (Å²) in [6.45, 7) is 6.43. The van der Waals surface area contributed by atoms with Crippen LogP contribution in [-0.4, -0.2) is 16.5 Å². The van der Waals surface area contributed by atoms with Gasteiger partial charge in [0.15, 0.2) is 6.29 Å². The molecular weight excluding hydrogens is 260 g/mol. The van der Waals surface area contributed by atoms with Gasteiger partial charge in [-0.2, -0.15) is 0 Å². The Hall–Kier alpha value is -1.64. The van der Waals surface area contributed by atoms with E-state index in [-0.39, 0.29) is 17.3 Å². The molecular formula is C19H24O2. The third-order valence-electron chi connectivity index (χ3n) is 3.96. The first-order valence-corrected chi connectivity index (χ1v) is 7.37. The normalized spacial score (nSPS) is 15.0. The van der Waals surface area contributed by atoms with Crippen molar-refractivity contribution >= 4 is 0 Å². The molecule has 2 aromatic carbocycles. The van der Waals surface area contributed by atoms with Crippen molar-refractivity contribution in [3.8, 4) is 0 Å². The number of hydrogen-bond donors (Lipinski definition) is 2. The molecule has 0 aliphatic rings. The van der Waals surface area contributed by atoms with E-state index in [1.807, 2.05) is 48.5 Å². The monoisotopic (exact) mass is 284 g/mol. The van der Waals surface area contributed by atoms with Crippen LogP contribution in [0.1, 0.15) is 43.7 Å². The maximum atomic E-state index is 10.0. The number of benzene rings is 2. The smallest absolute Gasteiger partial charge is 0.158 e. The zero-order valence-corrected chi connectivity index (χ0v) is 12.9. The van der Waals surface area contributed by atoms with Crippen LogP contribution in [0.2, 0.25) is 0 Å². The molecule has 0 saturated carbocycles. The number of hydrogen-bond acceptors (Lipinski definition) is 2. The zero-order chi connectivity index (χ0) is 15.5. The average Bonchev–Trinajstić information content (AvgIpc) is 2.44. The third-order valence-corrected chi connectivity index (χ3v) is 3.96. The van der Waals surface area contributed by atoms with Crippen LogP contribution in [0.15, 0.2) is 60.7 Å². The molecule has 2 rings (SSSR count). The third kappa shape index (κ3) is 3.72. The highest BCUT2D eigenvalue weighted by Crippen LogP contribution is 2.46. The maximum absolute atomic E-state index is 10.0. The minimum Gasteiger partial charge on any atom is -0.368 e. The Labute approximate surface area is 127 Å². The molecule has 0 saturated heterocycles. The van der Waals surface area contributed by atoms with Gasteiger partial charge in [-0.1, -0.05) is 81.4 Å². The van der Waals surface area contributed by atoms with Crippen LogP contribution in [-0.2, 0) is 0 Å². The van der Waals surface area contributed by atoms with E-state index >= 15 is 0 Å². The van der Waals surface area contributed by atoms with Gasteiger partial charge in [0, 0.05) is 11.8 Å². The Morgan fingerprint density at radius 1 is 0.714 bits per heavy atom. The maximum Gasteiger partial charge on any atom is 0.158 e. The summed E-state index contributed by atoms with van der Waals surface area (Å²) in [6, 6.07) is 19.9. The molecule has 2 unspecified atom stereocenters. The van der Waals surface area contributed by atoms with Crippen molar-refractivity contribution in [2.75, 3.05) is 0 Å². The van der Waals surface area contributed by atoms with Crippen LogP contribution in [0, 0.1) is 5.41 Å². The van der Waals surface area contributed by atoms with Crippen molar-refractivity contribution in [1.82, 2.24) is 0 Å². The van der Waals surface area contributed by atoms with E-state index in [1.54, 1.807) is 0 Å². The van der Waals surface area contributed by atoms with Crippen LogP contribution in [0.4, 0.5) is 0 Å². The predicted octanol–water partition coefficient (Wildman–Crippen LogP) is 3.91. The second-order valence-electron chi connectivity index (χ2n) is 6.60. The summed E-state index contributed by atoms with van der Waals surface area (Å²) in [5.41, 5.74) is 1.99. The molecule has 0 amide bonds. The first kappa shape index (κ1) is 15.7. The van der Waals surface area contributed by atoms with Crippen molar-refractivity contribution < 1.29 is 10.2 Å². The van der Waals surface area contributed by atoms with Crippen molar-refractivity contribution in [3.63, 3.8) is 0 Å². The first-order valence-electron chi connectivity index (χ1n) is 7.37. The Kier molecular flexibility index (Phi) is 4.81. The van der Waals surface area contributed by atoms with Gasteiger partial charge in [0.05, 0.1) is 0 Å². The lowest BCUT2D eigenvalue weighted by Gasteiger charge is -2.38. The minimum absolute atomic E-state index is 0.0149. The SMILES string of the molecule is CC(C)(C)C(c1ccccc1)C(c1ccccc1)C(O)O. The van der Waals surface area contributed by atoms with Gasteiger partial charge >= 0.3 is 0 Å². The van der Waals surface area contributed by atoms with Gasteiger partial charge in [-0.05, 0) is 16.5 Å². The average molecular weight is 284 g/mol. The molecule has 0 aliphatic heterocycles. The zero-order valence-electron chi connectivity index (χ0n) is 12.9. The molecule has 21 heavy (non-hydrogen) atoms. The highest BCUT2D eigenvalue weighted by molar-refractivity contribution is 5.30. The molecule has 0 spiro atoms. The molecule has 2 atom stereocenters. The second-order valence-corrected chi connectivity index (χ2v) is 6.60. The summed E-state index contributed by atoms with van der Waals surface area (Å²) in [5, 5.41) is 20.0.